The first-order chi connectivity index (χ1) is 9.13. The molecule has 2 N–H and O–H groups in total. The summed E-state index contributed by atoms with van der Waals surface area (Å²) >= 11 is 1.76. The Bertz CT molecular complexity index is 355. The van der Waals surface area contributed by atoms with E-state index in [2.05, 4.69) is 47.5 Å². The van der Waals surface area contributed by atoms with Crippen molar-refractivity contribution in [1.82, 2.24) is 9.80 Å². The third kappa shape index (κ3) is 3.57. The van der Waals surface area contributed by atoms with Crippen LogP contribution >= 0.6 is 11.3 Å². The molecule has 1 saturated heterocycles. The number of likely N-dealkylation sites (tertiary alicyclic amines) is 1. The summed E-state index contributed by atoms with van der Waals surface area (Å²) in [5.74, 6) is 0. The van der Waals surface area contributed by atoms with Crippen LogP contribution < -0.4 is 5.73 Å². The Kier molecular flexibility index (Phi) is 5.39. The van der Waals surface area contributed by atoms with E-state index >= 15 is 0 Å². The summed E-state index contributed by atoms with van der Waals surface area (Å²) in [6.45, 7) is 8.00. The number of thiophene rings is 1. The van der Waals surface area contributed by atoms with E-state index in [9.17, 15) is 0 Å². The zero-order valence-electron chi connectivity index (χ0n) is 12.4. The zero-order valence-corrected chi connectivity index (χ0v) is 13.2. The van der Waals surface area contributed by atoms with Gasteiger partial charge in [-0.25, -0.2) is 0 Å². The van der Waals surface area contributed by atoms with E-state index in [1.54, 1.807) is 11.3 Å². The van der Waals surface area contributed by atoms with E-state index < -0.39 is 0 Å². The Morgan fingerprint density at radius 2 is 2.16 bits per heavy atom. The number of rotatable bonds is 5. The van der Waals surface area contributed by atoms with Crippen LogP contribution in [0.4, 0.5) is 0 Å². The molecule has 0 radical (unpaired) electrons. The minimum absolute atomic E-state index is 0.170. The standard InChI is InChI=1S/C15H27N3S/c1-4-18-8-5-14(6-9-18)17(3)15(12(2)16)13-7-10-19-11-13/h7,10-12,14-15H,4-6,8-9,16H2,1-3H3. The van der Waals surface area contributed by atoms with E-state index in [1.807, 2.05) is 0 Å². The molecule has 1 fully saturated rings. The molecule has 2 rings (SSSR count). The monoisotopic (exact) mass is 281 g/mol. The first-order valence-electron chi connectivity index (χ1n) is 7.35. The van der Waals surface area contributed by atoms with Crippen molar-refractivity contribution in [3.05, 3.63) is 22.4 Å². The number of hydrogen-bond donors (Lipinski definition) is 1. The quantitative estimate of drug-likeness (QED) is 0.900. The molecule has 0 spiro atoms. The number of likely N-dealkylation sites (N-methyl/N-ethyl adjacent to an activating group) is 1. The van der Waals surface area contributed by atoms with Crippen LogP contribution in [-0.4, -0.2) is 48.6 Å². The molecule has 0 aromatic carbocycles. The Hall–Kier alpha value is -0.420. The molecule has 2 atom stereocenters. The van der Waals surface area contributed by atoms with E-state index in [-0.39, 0.29) is 6.04 Å². The zero-order chi connectivity index (χ0) is 13.8. The summed E-state index contributed by atoms with van der Waals surface area (Å²) in [4.78, 5) is 5.05. The summed E-state index contributed by atoms with van der Waals surface area (Å²) in [5, 5.41) is 4.39. The van der Waals surface area contributed by atoms with Gasteiger partial charge in [-0.05, 0) is 68.8 Å². The van der Waals surface area contributed by atoms with Crippen molar-refractivity contribution in [3.63, 3.8) is 0 Å². The van der Waals surface area contributed by atoms with Crippen molar-refractivity contribution in [2.45, 2.75) is 44.8 Å². The molecule has 108 valence electrons. The van der Waals surface area contributed by atoms with Crippen LogP contribution in [0, 0.1) is 0 Å². The van der Waals surface area contributed by atoms with Crippen LogP contribution in [0.5, 0.6) is 0 Å². The first-order valence-corrected chi connectivity index (χ1v) is 8.29. The highest BCUT2D eigenvalue weighted by molar-refractivity contribution is 7.07. The predicted molar refractivity (Wildman–Crippen MR) is 83.6 cm³/mol. The maximum atomic E-state index is 6.24. The Morgan fingerprint density at radius 3 is 2.63 bits per heavy atom. The molecule has 0 saturated carbocycles. The fourth-order valence-corrected chi connectivity index (χ4v) is 3.91. The lowest BCUT2D eigenvalue weighted by molar-refractivity contribution is 0.0897. The van der Waals surface area contributed by atoms with Crippen LogP contribution in [0.1, 0.15) is 38.3 Å². The lowest BCUT2D eigenvalue weighted by atomic mass is 9.96. The molecule has 1 aliphatic heterocycles. The van der Waals surface area contributed by atoms with Gasteiger partial charge in [-0.3, -0.25) is 4.90 Å². The summed E-state index contributed by atoms with van der Waals surface area (Å²) in [6.07, 6.45) is 2.52. The number of nitrogens with zero attached hydrogens (tertiary/aromatic N) is 2. The maximum Gasteiger partial charge on any atom is 0.0504 e. The van der Waals surface area contributed by atoms with Gasteiger partial charge in [0.05, 0.1) is 6.04 Å². The molecule has 1 aromatic rings. The lowest BCUT2D eigenvalue weighted by Gasteiger charge is -2.41. The topological polar surface area (TPSA) is 32.5 Å². The third-order valence-electron chi connectivity index (χ3n) is 4.40. The minimum Gasteiger partial charge on any atom is -0.326 e. The average Bonchev–Trinajstić information content (AvgIpc) is 2.92. The van der Waals surface area contributed by atoms with Crippen LogP contribution in [0.15, 0.2) is 16.8 Å². The second-order valence-electron chi connectivity index (χ2n) is 5.69. The first kappa shape index (κ1) is 15.0. The second-order valence-corrected chi connectivity index (χ2v) is 6.47. The summed E-state index contributed by atoms with van der Waals surface area (Å²) in [5.41, 5.74) is 7.62. The Morgan fingerprint density at radius 1 is 1.47 bits per heavy atom. The molecule has 0 amide bonds. The van der Waals surface area contributed by atoms with E-state index in [1.165, 1.54) is 38.0 Å². The van der Waals surface area contributed by atoms with Crippen molar-refractivity contribution in [2.24, 2.45) is 5.73 Å². The Labute approximate surface area is 121 Å². The van der Waals surface area contributed by atoms with E-state index in [0.29, 0.717) is 12.1 Å². The van der Waals surface area contributed by atoms with Crippen LogP contribution in [0.3, 0.4) is 0 Å². The molecule has 4 heteroatoms. The second kappa shape index (κ2) is 6.84. The van der Waals surface area contributed by atoms with Gasteiger partial charge in [0.15, 0.2) is 0 Å². The van der Waals surface area contributed by atoms with Crippen molar-refractivity contribution in [2.75, 3.05) is 26.7 Å². The predicted octanol–water partition coefficient (Wildman–Crippen LogP) is 2.55. The average molecular weight is 281 g/mol. The van der Waals surface area contributed by atoms with Gasteiger partial charge in [-0.15, -0.1) is 0 Å². The number of piperidine rings is 1. The fraction of sp³-hybridized carbons (Fsp3) is 0.733. The van der Waals surface area contributed by atoms with Gasteiger partial charge in [0.1, 0.15) is 0 Å². The molecule has 3 nitrogen and oxygen atoms in total. The molecule has 19 heavy (non-hydrogen) atoms. The normalized spacial score (nSPS) is 21.7. The van der Waals surface area contributed by atoms with Gasteiger partial charge in [-0.1, -0.05) is 6.92 Å². The molecular weight excluding hydrogens is 254 g/mol. The van der Waals surface area contributed by atoms with Gasteiger partial charge in [0, 0.05) is 12.1 Å². The Balaban J connectivity index is 2.02. The summed E-state index contributed by atoms with van der Waals surface area (Å²) < 4.78 is 0. The summed E-state index contributed by atoms with van der Waals surface area (Å²) in [6, 6.07) is 3.41. The SMILES string of the molecule is CCN1CCC(N(C)C(c2ccsc2)C(C)N)CC1. The van der Waals surface area contributed by atoms with Crippen molar-refractivity contribution in [1.29, 1.82) is 0 Å². The highest BCUT2D eigenvalue weighted by Gasteiger charge is 2.29. The molecule has 2 unspecified atom stereocenters. The maximum absolute atomic E-state index is 6.24. The summed E-state index contributed by atoms with van der Waals surface area (Å²) in [7, 11) is 2.25. The number of nitrogens with two attached hydrogens (primary N) is 1. The van der Waals surface area contributed by atoms with Crippen molar-refractivity contribution >= 4 is 11.3 Å². The van der Waals surface area contributed by atoms with Crippen LogP contribution in [0.25, 0.3) is 0 Å². The molecule has 0 aliphatic carbocycles. The van der Waals surface area contributed by atoms with E-state index in [4.69, 9.17) is 5.73 Å². The fourth-order valence-electron chi connectivity index (χ4n) is 3.22. The van der Waals surface area contributed by atoms with Crippen molar-refractivity contribution < 1.29 is 0 Å². The highest BCUT2D eigenvalue weighted by atomic mass is 32.1. The smallest absolute Gasteiger partial charge is 0.0504 e. The van der Waals surface area contributed by atoms with Gasteiger partial charge < -0.3 is 10.6 Å². The van der Waals surface area contributed by atoms with Crippen LogP contribution in [-0.2, 0) is 0 Å². The van der Waals surface area contributed by atoms with Crippen LogP contribution in [0.2, 0.25) is 0 Å². The molecule has 0 bridgehead atoms. The third-order valence-corrected chi connectivity index (χ3v) is 5.10. The largest absolute Gasteiger partial charge is 0.326 e. The van der Waals surface area contributed by atoms with E-state index in [0.717, 1.165) is 0 Å². The van der Waals surface area contributed by atoms with Gasteiger partial charge >= 0.3 is 0 Å². The molecule has 1 aromatic heterocycles. The number of hydrogen-bond acceptors (Lipinski definition) is 4. The molecular formula is C15H27N3S. The molecule has 2 heterocycles. The highest BCUT2D eigenvalue weighted by Crippen LogP contribution is 2.29. The van der Waals surface area contributed by atoms with Gasteiger partial charge in [-0.2, -0.15) is 11.3 Å². The van der Waals surface area contributed by atoms with Gasteiger partial charge in [0.2, 0.25) is 0 Å². The molecule has 1 aliphatic rings. The minimum atomic E-state index is 0.170. The van der Waals surface area contributed by atoms with Crippen molar-refractivity contribution in [3.8, 4) is 0 Å². The van der Waals surface area contributed by atoms with Gasteiger partial charge in [0.25, 0.3) is 0 Å². The lowest BCUT2D eigenvalue weighted by Crippen LogP contribution is -2.47.